The predicted octanol–water partition coefficient (Wildman–Crippen LogP) is 4.71. The third kappa shape index (κ3) is 11.6. The summed E-state index contributed by atoms with van der Waals surface area (Å²) in [6.07, 6.45) is 13.2. The largest absolute Gasteiger partial charge is 0.494 e. The van der Waals surface area contributed by atoms with E-state index in [0.717, 1.165) is 19.3 Å². The summed E-state index contributed by atoms with van der Waals surface area (Å²) in [4.78, 5) is 9.91. The highest BCUT2D eigenvalue weighted by Crippen LogP contribution is 2.15. The summed E-state index contributed by atoms with van der Waals surface area (Å²) in [5.41, 5.74) is 1.31. The molecule has 0 fully saturated rings. The van der Waals surface area contributed by atoms with Crippen LogP contribution in [-0.2, 0) is 9.53 Å². The van der Waals surface area contributed by atoms with Gasteiger partial charge in [-0.2, -0.15) is 0 Å². The molecule has 0 spiro atoms. The minimum atomic E-state index is -0.762. The Hall–Kier alpha value is -1.51. The molecule has 0 aromatic rings. The highest BCUT2D eigenvalue weighted by Gasteiger charge is 2.09. The summed E-state index contributed by atoms with van der Waals surface area (Å²) in [6, 6.07) is 0. The Bertz CT molecular complexity index is 351. The van der Waals surface area contributed by atoms with Gasteiger partial charge in [0.25, 0.3) is 0 Å². The van der Waals surface area contributed by atoms with Crippen molar-refractivity contribution in [2.24, 2.45) is 5.92 Å². The first-order chi connectivity index (χ1) is 9.45. The number of carboxylic acid groups (broad SMARTS) is 1. The van der Waals surface area contributed by atoms with E-state index in [1.165, 1.54) is 5.57 Å². The Morgan fingerprint density at radius 3 is 2.65 bits per heavy atom. The standard InChI is InChI=1S/C10H16O.C7H12O2/c1-8(2)6-10-7-9(3)4-5-11-10;1-2-3-4-5-6-7(8)9/h4-5,7-8,10H,6H2,1-3H3;4-5H,2-3,6H2,1H3,(H,8,9). The topological polar surface area (TPSA) is 46.5 Å². The summed E-state index contributed by atoms with van der Waals surface area (Å²) >= 11 is 0. The van der Waals surface area contributed by atoms with Crippen molar-refractivity contribution in [2.45, 2.75) is 59.5 Å². The highest BCUT2D eigenvalue weighted by atomic mass is 16.5. The number of aliphatic carboxylic acids is 1. The molecule has 1 rings (SSSR count). The summed E-state index contributed by atoms with van der Waals surface area (Å²) in [5.74, 6) is -0.0575. The average Bonchev–Trinajstić information content (AvgIpc) is 2.34. The smallest absolute Gasteiger partial charge is 0.307 e. The van der Waals surface area contributed by atoms with Crippen LogP contribution in [0.1, 0.15) is 53.4 Å². The van der Waals surface area contributed by atoms with Crippen LogP contribution in [0, 0.1) is 5.92 Å². The molecule has 1 atom stereocenters. The van der Waals surface area contributed by atoms with Gasteiger partial charge in [-0.25, -0.2) is 0 Å². The van der Waals surface area contributed by atoms with Gasteiger partial charge >= 0.3 is 5.97 Å². The first-order valence-electron chi connectivity index (χ1n) is 7.32. The number of allylic oxidation sites excluding steroid dienone is 3. The van der Waals surface area contributed by atoms with Crippen LogP contribution in [0.25, 0.3) is 0 Å². The molecule has 114 valence electrons. The molecular weight excluding hydrogens is 252 g/mol. The molecule has 0 bridgehead atoms. The maximum Gasteiger partial charge on any atom is 0.307 e. The SMILES string of the molecule is CC1=CC(CC(C)C)OC=C1.CCCC=CCC(=O)O. The van der Waals surface area contributed by atoms with Gasteiger partial charge in [-0.3, -0.25) is 4.79 Å². The molecule has 20 heavy (non-hydrogen) atoms. The van der Waals surface area contributed by atoms with Gasteiger partial charge in [0.05, 0.1) is 12.7 Å². The van der Waals surface area contributed by atoms with Crippen molar-refractivity contribution in [3.63, 3.8) is 0 Å². The number of rotatable bonds is 6. The van der Waals surface area contributed by atoms with Gasteiger partial charge in [0, 0.05) is 0 Å². The van der Waals surface area contributed by atoms with E-state index < -0.39 is 5.97 Å². The third-order valence-electron chi connectivity index (χ3n) is 2.65. The van der Waals surface area contributed by atoms with Crippen molar-refractivity contribution in [1.29, 1.82) is 0 Å². The Morgan fingerprint density at radius 2 is 2.15 bits per heavy atom. The van der Waals surface area contributed by atoms with Crippen LogP contribution in [-0.4, -0.2) is 17.2 Å². The summed E-state index contributed by atoms with van der Waals surface area (Å²) in [6.45, 7) is 8.59. The lowest BCUT2D eigenvalue weighted by atomic mass is 10.0. The van der Waals surface area contributed by atoms with E-state index in [2.05, 4.69) is 33.8 Å². The molecule has 3 heteroatoms. The van der Waals surface area contributed by atoms with Gasteiger partial charge in [0.15, 0.2) is 0 Å². The van der Waals surface area contributed by atoms with E-state index >= 15 is 0 Å². The van der Waals surface area contributed by atoms with Crippen LogP contribution in [0.15, 0.2) is 36.1 Å². The van der Waals surface area contributed by atoms with E-state index in [1.54, 1.807) is 12.3 Å². The molecule has 1 unspecified atom stereocenters. The molecule has 0 saturated carbocycles. The van der Waals surface area contributed by atoms with Gasteiger partial charge in [-0.1, -0.05) is 39.3 Å². The van der Waals surface area contributed by atoms with Crippen molar-refractivity contribution < 1.29 is 14.6 Å². The predicted molar refractivity (Wildman–Crippen MR) is 83.5 cm³/mol. The van der Waals surface area contributed by atoms with Crippen LogP contribution < -0.4 is 0 Å². The van der Waals surface area contributed by atoms with E-state index in [4.69, 9.17) is 9.84 Å². The molecule has 3 nitrogen and oxygen atoms in total. The van der Waals surface area contributed by atoms with Crippen molar-refractivity contribution in [1.82, 2.24) is 0 Å². The number of unbranched alkanes of at least 4 members (excludes halogenated alkanes) is 1. The molecule has 0 aliphatic carbocycles. The first-order valence-corrected chi connectivity index (χ1v) is 7.32. The fraction of sp³-hybridized carbons (Fsp3) is 0.588. The Labute approximate surface area is 123 Å². The summed E-state index contributed by atoms with van der Waals surface area (Å²) in [5, 5.41) is 8.16. The van der Waals surface area contributed by atoms with E-state index in [9.17, 15) is 4.79 Å². The van der Waals surface area contributed by atoms with Gasteiger partial charge in [0.2, 0.25) is 0 Å². The van der Waals surface area contributed by atoms with Crippen molar-refractivity contribution in [3.05, 3.63) is 36.1 Å². The number of carboxylic acids is 1. The maximum atomic E-state index is 9.91. The van der Waals surface area contributed by atoms with Gasteiger partial charge in [-0.15, -0.1) is 0 Å². The fourth-order valence-electron chi connectivity index (χ4n) is 1.69. The first kappa shape index (κ1) is 18.5. The molecule has 0 radical (unpaired) electrons. The quantitative estimate of drug-likeness (QED) is 0.717. The lowest BCUT2D eigenvalue weighted by molar-refractivity contribution is -0.136. The van der Waals surface area contributed by atoms with Gasteiger partial charge < -0.3 is 9.84 Å². The fourth-order valence-corrected chi connectivity index (χ4v) is 1.69. The molecule has 0 aromatic carbocycles. The lowest BCUT2D eigenvalue weighted by Gasteiger charge is -2.18. The summed E-state index contributed by atoms with van der Waals surface area (Å²) < 4.78 is 5.40. The summed E-state index contributed by atoms with van der Waals surface area (Å²) in [7, 11) is 0. The monoisotopic (exact) mass is 280 g/mol. The second-order valence-electron chi connectivity index (χ2n) is 5.38. The van der Waals surface area contributed by atoms with Crippen molar-refractivity contribution >= 4 is 5.97 Å². The number of ether oxygens (including phenoxy) is 1. The van der Waals surface area contributed by atoms with Gasteiger partial charge in [0.1, 0.15) is 6.10 Å². The maximum absolute atomic E-state index is 9.91. The van der Waals surface area contributed by atoms with Crippen LogP contribution in [0.2, 0.25) is 0 Å². The zero-order valence-electron chi connectivity index (χ0n) is 13.1. The Morgan fingerprint density at radius 1 is 1.45 bits per heavy atom. The van der Waals surface area contributed by atoms with Crippen LogP contribution in [0.3, 0.4) is 0 Å². The second-order valence-corrected chi connectivity index (χ2v) is 5.38. The zero-order chi connectivity index (χ0) is 15.4. The van der Waals surface area contributed by atoms with Crippen LogP contribution >= 0.6 is 0 Å². The van der Waals surface area contributed by atoms with E-state index in [0.29, 0.717) is 12.0 Å². The molecule has 1 heterocycles. The molecule has 1 aliphatic rings. The van der Waals surface area contributed by atoms with E-state index in [1.807, 2.05) is 12.2 Å². The number of hydrogen-bond acceptors (Lipinski definition) is 2. The van der Waals surface area contributed by atoms with Crippen molar-refractivity contribution in [3.8, 4) is 0 Å². The van der Waals surface area contributed by atoms with Crippen molar-refractivity contribution in [2.75, 3.05) is 0 Å². The van der Waals surface area contributed by atoms with Crippen LogP contribution in [0.5, 0.6) is 0 Å². The lowest BCUT2D eigenvalue weighted by Crippen LogP contribution is -2.12. The third-order valence-corrected chi connectivity index (χ3v) is 2.65. The van der Waals surface area contributed by atoms with Crippen LogP contribution in [0.4, 0.5) is 0 Å². The average molecular weight is 280 g/mol. The molecular formula is C17H28O3. The number of hydrogen-bond donors (Lipinski definition) is 1. The normalized spacial score (nSPS) is 17.4. The molecule has 0 amide bonds. The molecule has 0 aromatic heterocycles. The number of carbonyl (C=O) groups is 1. The van der Waals surface area contributed by atoms with Gasteiger partial charge in [-0.05, 0) is 43.4 Å². The Kier molecular flexibility index (Phi) is 10.5. The minimum absolute atomic E-state index is 0.153. The van der Waals surface area contributed by atoms with E-state index in [-0.39, 0.29) is 6.42 Å². The zero-order valence-corrected chi connectivity index (χ0v) is 13.1. The minimum Gasteiger partial charge on any atom is -0.494 e. The highest BCUT2D eigenvalue weighted by molar-refractivity contribution is 5.68. The Balaban J connectivity index is 0.000000370. The molecule has 1 N–H and O–H groups in total. The second kappa shape index (κ2) is 11.3. The molecule has 1 aliphatic heterocycles. The molecule has 0 saturated heterocycles.